The van der Waals surface area contributed by atoms with Crippen LogP contribution in [0.15, 0.2) is 54.6 Å². The van der Waals surface area contributed by atoms with Gasteiger partial charge in [-0.25, -0.2) is 4.79 Å². The molecule has 2 aromatic rings. The van der Waals surface area contributed by atoms with Crippen molar-refractivity contribution in [2.45, 2.75) is 32.2 Å². The second-order valence-corrected chi connectivity index (χ2v) is 5.50. The number of aliphatic carboxylic acids is 1. The second kappa shape index (κ2) is 8.13. The van der Waals surface area contributed by atoms with E-state index in [0.717, 1.165) is 18.4 Å². The predicted octanol–water partition coefficient (Wildman–Crippen LogP) is 3.06. The Morgan fingerprint density at radius 2 is 1.65 bits per heavy atom. The molecule has 1 amide bonds. The maximum Gasteiger partial charge on any atom is 0.326 e. The lowest BCUT2D eigenvalue weighted by atomic mass is 10.0. The van der Waals surface area contributed by atoms with E-state index >= 15 is 0 Å². The van der Waals surface area contributed by atoms with E-state index in [-0.39, 0.29) is 12.3 Å². The Balaban J connectivity index is 2.04. The molecule has 0 saturated heterocycles. The summed E-state index contributed by atoms with van der Waals surface area (Å²) in [5.41, 5.74) is 2.52. The second-order valence-electron chi connectivity index (χ2n) is 5.50. The van der Waals surface area contributed by atoms with Gasteiger partial charge in [-0.3, -0.25) is 4.79 Å². The Labute approximate surface area is 136 Å². The molecule has 0 radical (unpaired) electrons. The predicted molar refractivity (Wildman–Crippen MR) is 89.5 cm³/mol. The quantitative estimate of drug-likeness (QED) is 0.826. The molecule has 0 aliphatic carbocycles. The van der Waals surface area contributed by atoms with Gasteiger partial charge in [0.1, 0.15) is 6.04 Å². The van der Waals surface area contributed by atoms with Crippen molar-refractivity contribution in [2.75, 3.05) is 0 Å². The summed E-state index contributed by atoms with van der Waals surface area (Å²) in [6.07, 6.45) is 2.27. The van der Waals surface area contributed by atoms with Crippen molar-refractivity contribution >= 4 is 11.9 Å². The van der Waals surface area contributed by atoms with Gasteiger partial charge in [-0.2, -0.15) is 0 Å². The molecular weight excluding hydrogens is 290 g/mol. The highest BCUT2D eigenvalue weighted by molar-refractivity contribution is 5.96. The molecular formula is C19H21NO3. The largest absolute Gasteiger partial charge is 0.480 e. The van der Waals surface area contributed by atoms with Crippen molar-refractivity contribution in [1.82, 2.24) is 5.32 Å². The molecule has 2 N–H and O–H groups in total. The van der Waals surface area contributed by atoms with E-state index in [1.54, 1.807) is 12.1 Å². The zero-order chi connectivity index (χ0) is 16.7. The van der Waals surface area contributed by atoms with Gasteiger partial charge in [0.25, 0.3) is 5.91 Å². The molecule has 2 aromatic carbocycles. The van der Waals surface area contributed by atoms with Gasteiger partial charge in [-0.1, -0.05) is 55.8 Å². The van der Waals surface area contributed by atoms with Crippen LogP contribution in [0.3, 0.4) is 0 Å². The Morgan fingerprint density at radius 3 is 2.22 bits per heavy atom. The van der Waals surface area contributed by atoms with Crippen molar-refractivity contribution in [2.24, 2.45) is 0 Å². The van der Waals surface area contributed by atoms with Gasteiger partial charge in [-0.15, -0.1) is 0 Å². The van der Waals surface area contributed by atoms with Gasteiger partial charge in [0.15, 0.2) is 0 Å². The first-order valence-electron chi connectivity index (χ1n) is 7.76. The van der Waals surface area contributed by atoms with Crippen molar-refractivity contribution in [1.29, 1.82) is 0 Å². The van der Waals surface area contributed by atoms with Crippen LogP contribution in [0.2, 0.25) is 0 Å². The smallest absolute Gasteiger partial charge is 0.326 e. The van der Waals surface area contributed by atoms with Crippen molar-refractivity contribution in [3.63, 3.8) is 0 Å². The summed E-state index contributed by atoms with van der Waals surface area (Å²) in [5.74, 6) is -1.40. The SMILES string of the molecule is CCCc1ccc(C(=O)NC(Cc2ccccc2)C(=O)O)cc1. The number of nitrogens with one attached hydrogen (secondary N) is 1. The van der Waals surface area contributed by atoms with Crippen LogP contribution >= 0.6 is 0 Å². The molecule has 0 fully saturated rings. The average molecular weight is 311 g/mol. The van der Waals surface area contributed by atoms with Crippen molar-refractivity contribution in [3.8, 4) is 0 Å². The molecule has 0 aliphatic heterocycles. The molecule has 120 valence electrons. The third-order valence-electron chi connectivity index (χ3n) is 3.64. The molecule has 1 unspecified atom stereocenters. The number of carboxylic acids is 1. The normalized spacial score (nSPS) is 11.7. The zero-order valence-corrected chi connectivity index (χ0v) is 13.2. The molecule has 0 spiro atoms. The van der Waals surface area contributed by atoms with Crippen molar-refractivity contribution < 1.29 is 14.7 Å². The van der Waals surface area contributed by atoms with E-state index in [0.29, 0.717) is 5.56 Å². The summed E-state index contributed by atoms with van der Waals surface area (Å²) < 4.78 is 0. The number of hydrogen-bond acceptors (Lipinski definition) is 2. The first kappa shape index (κ1) is 16.7. The molecule has 0 saturated carbocycles. The van der Waals surface area contributed by atoms with Crippen LogP contribution in [0.1, 0.15) is 34.8 Å². The standard InChI is InChI=1S/C19H21NO3/c1-2-6-14-9-11-16(12-10-14)18(21)20-17(19(22)23)13-15-7-4-3-5-8-15/h3-5,7-12,17H,2,6,13H2,1H3,(H,20,21)(H,22,23). The minimum Gasteiger partial charge on any atom is -0.480 e. The Bertz CT molecular complexity index is 650. The maximum atomic E-state index is 12.2. The summed E-state index contributed by atoms with van der Waals surface area (Å²) in [4.78, 5) is 23.6. The van der Waals surface area contributed by atoms with Gasteiger partial charge < -0.3 is 10.4 Å². The first-order valence-corrected chi connectivity index (χ1v) is 7.76. The topological polar surface area (TPSA) is 66.4 Å². The number of carboxylic acid groups (broad SMARTS) is 1. The maximum absolute atomic E-state index is 12.2. The fourth-order valence-electron chi connectivity index (χ4n) is 2.40. The van der Waals surface area contributed by atoms with Crippen LogP contribution in [-0.2, 0) is 17.6 Å². The minimum absolute atomic E-state index is 0.260. The van der Waals surface area contributed by atoms with Crippen LogP contribution in [-0.4, -0.2) is 23.0 Å². The number of benzene rings is 2. The molecule has 0 bridgehead atoms. The molecule has 4 heteroatoms. The highest BCUT2D eigenvalue weighted by Crippen LogP contribution is 2.08. The number of carbonyl (C=O) groups excluding carboxylic acids is 1. The summed E-state index contributed by atoms with van der Waals surface area (Å²) in [6.45, 7) is 2.10. The lowest BCUT2D eigenvalue weighted by Crippen LogP contribution is -2.42. The number of amides is 1. The molecule has 0 aliphatic rings. The fourth-order valence-corrected chi connectivity index (χ4v) is 2.40. The third kappa shape index (κ3) is 4.95. The zero-order valence-electron chi connectivity index (χ0n) is 13.2. The summed E-state index contributed by atoms with van der Waals surface area (Å²) in [6, 6.07) is 15.6. The number of carbonyl (C=O) groups is 2. The molecule has 0 aromatic heterocycles. The summed E-state index contributed by atoms with van der Waals surface area (Å²) >= 11 is 0. The lowest BCUT2D eigenvalue weighted by molar-refractivity contribution is -0.139. The Kier molecular flexibility index (Phi) is 5.92. The van der Waals surface area contributed by atoms with E-state index in [4.69, 9.17) is 0 Å². The molecule has 23 heavy (non-hydrogen) atoms. The number of aryl methyl sites for hydroxylation is 1. The molecule has 2 rings (SSSR count). The number of hydrogen-bond donors (Lipinski definition) is 2. The van der Waals surface area contributed by atoms with Crippen LogP contribution < -0.4 is 5.32 Å². The van der Waals surface area contributed by atoms with Crippen LogP contribution in [0.5, 0.6) is 0 Å². The fraction of sp³-hybridized carbons (Fsp3) is 0.263. The highest BCUT2D eigenvalue weighted by atomic mass is 16.4. The minimum atomic E-state index is -1.04. The Morgan fingerprint density at radius 1 is 1.00 bits per heavy atom. The van der Waals surface area contributed by atoms with Gasteiger partial charge in [0.2, 0.25) is 0 Å². The van der Waals surface area contributed by atoms with Crippen LogP contribution in [0.25, 0.3) is 0 Å². The highest BCUT2D eigenvalue weighted by Gasteiger charge is 2.21. The third-order valence-corrected chi connectivity index (χ3v) is 3.64. The molecule has 0 heterocycles. The van der Waals surface area contributed by atoms with Gasteiger partial charge in [-0.05, 0) is 29.7 Å². The molecule has 4 nitrogen and oxygen atoms in total. The lowest BCUT2D eigenvalue weighted by Gasteiger charge is -2.15. The summed E-state index contributed by atoms with van der Waals surface area (Å²) in [5, 5.41) is 11.9. The van der Waals surface area contributed by atoms with Crippen LogP contribution in [0, 0.1) is 0 Å². The average Bonchev–Trinajstić information content (AvgIpc) is 2.56. The number of rotatable bonds is 7. The monoisotopic (exact) mass is 311 g/mol. The van der Waals surface area contributed by atoms with E-state index < -0.39 is 12.0 Å². The van der Waals surface area contributed by atoms with E-state index in [1.165, 1.54) is 5.56 Å². The van der Waals surface area contributed by atoms with E-state index in [9.17, 15) is 14.7 Å². The van der Waals surface area contributed by atoms with Crippen LogP contribution in [0.4, 0.5) is 0 Å². The van der Waals surface area contributed by atoms with Gasteiger partial charge in [0.05, 0.1) is 0 Å². The van der Waals surface area contributed by atoms with Gasteiger partial charge in [0, 0.05) is 12.0 Å². The van der Waals surface area contributed by atoms with Gasteiger partial charge >= 0.3 is 5.97 Å². The van der Waals surface area contributed by atoms with Crippen molar-refractivity contribution in [3.05, 3.63) is 71.3 Å². The first-order chi connectivity index (χ1) is 11.1. The molecule has 1 atom stereocenters. The summed E-state index contributed by atoms with van der Waals surface area (Å²) in [7, 11) is 0. The van der Waals surface area contributed by atoms with E-state index in [2.05, 4.69) is 12.2 Å². The Hall–Kier alpha value is -2.62. The van der Waals surface area contributed by atoms with E-state index in [1.807, 2.05) is 42.5 Å².